The predicted molar refractivity (Wildman–Crippen MR) is 123 cm³/mol. The zero-order chi connectivity index (χ0) is 24.7. The molecule has 34 heavy (non-hydrogen) atoms. The molecule has 0 heterocycles. The molecule has 1 aromatic rings. The number of nitro groups is 1. The molecule has 2 aliphatic carbocycles. The van der Waals surface area contributed by atoms with Crippen molar-refractivity contribution in [3.8, 4) is 5.75 Å². The van der Waals surface area contributed by atoms with Crippen molar-refractivity contribution in [3.63, 3.8) is 0 Å². The Morgan fingerprint density at radius 3 is 1.76 bits per heavy atom. The maximum absolute atomic E-state index is 13.6. The van der Waals surface area contributed by atoms with E-state index in [1.165, 1.54) is 38.1 Å². The first-order valence-electron chi connectivity index (χ1n) is 11.6. The molecule has 2 aliphatic rings. The minimum Gasteiger partial charge on any atom is -0.464 e. The fourth-order valence-corrected chi connectivity index (χ4v) is 5.28. The van der Waals surface area contributed by atoms with Crippen LogP contribution in [0.25, 0.3) is 0 Å². The number of carbonyl (C=O) groups is 2. The van der Waals surface area contributed by atoms with Crippen molar-refractivity contribution in [2.75, 3.05) is 13.2 Å². The average molecular weight is 497 g/mol. The van der Waals surface area contributed by atoms with Crippen LogP contribution in [0.1, 0.15) is 52.4 Å². The van der Waals surface area contributed by atoms with Gasteiger partial charge in [-0.15, -0.1) is 0 Å². The molecule has 0 radical (unpaired) electrons. The van der Waals surface area contributed by atoms with E-state index < -0.39 is 36.6 Å². The lowest BCUT2D eigenvalue weighted by Gasteiger charge is -2.28. The molecule has 2 saturated carbocycles. The fraction of sp³-hybridized carbons (Fsp3) is 0.636. The summed E-state index contributed by atoms with van der Waals surface area (Å²) >= 11 is 0. The van der Waals surface area contributed by atoms with Gasteiger partial charge in [0.05, 0.1) is 18.1 Å². The Hall–Kier alpha value is -2.49. The second kappa shape index (κ2) is 11.8. The van der Waals surface area contributed by atoms with Gasteiger partial charge in [0.2, 0.25) is 0 Å². The van der Waals surface area contributed by atoms with Crippen LogP contribution in [-0.2, 0) is 23.6 Å². The zero-order valence-electron chi connectivity index (χ0n) is 19.4. The topological polar surface area (TPSA) is 146 Å². The van der Waals surface area contributed by atoms with Crippen LogP contribution in [0.15, 0.2) is 24.3 Å². The number of benzene rings is 1. The lowest BCUT2D eigenvalue weighted by Crippen LogP contribution is -2.43. The van der Waals surface area contributed by atoms with Gasteiger partial charge >= 0.3 is 19.6 Å². The maximum atomic E-state index is 13.6. The van der Waals surface area contributed by atoms with Gasteiger partial charge in [0.15, 0.2) is 0 Å². The van der Waals surface area contributed by atoms with Crippen LogP contribution < -0.4 is 14.7 Å². The van der Waals surface area contributed by atoms with Crippen molar-refractivity contribution >= 4 is 25.3 Å². The minimum atomic E-state index is -4.05. The molecule has 1 aromatic carbocycles. The molecule has 3 rings (SSSR count). The number of nitrogens with one attached hydrogen (secondary N) is 2. The summed E-state index contributed by atoms with van der Waals surface area (Å²) in [6.07, 6.45) is 6.29. The number of hydrogen-bond donors (Lipinski definition) is 2. The predicted octanol–water partition coefficient (Wildman–Crippen LogP) is 3.72. The molecule has 11 nitrogen and oxygen atoms in total. The van der Waals surface area contributed by atoms with Gasteiger partial charge < -0.3 is 14.0 Å². The Labute approximate surface area is 198 Å². The molecule has 2 atom stereocenters. The van der Waals surface area contributed by atoms with E-state index in [-0.39, 0.29) is 11.4 Å². The van der Waals surface area contributed by atoms with Crippen molar-refractivity contribution in [1.29, 1.82) is 0 Å². The number of carbonyl (C=O) groups excluding carboxylic acids is 2. The smallest absolute Gasteiger partial charge is 0.391 e. The first-order chi connectivity index (χ1) is 16.1. The van der Waals surface area contributed by atoms with Gasteiger partial charge in [-0.3, -0.25) is 19.7 Å². The van der Waals surface area contributed by atoms with Crippen molar-refractivity contribution in [1.82, 2.24) is 10.2 Å². The third-order valence-corrected chi connectivity index (χ3v) is 8.01. The molecule has 2 fully saturated rings. The molecule has 0 saturated heterocycles. The summed E-state index contributed by atoms with van der Waals surface area (Å²) < 4.78 is 29.9. The van der Waals surface area contributed by atoms with Crippen molar-refractivity contribution < 1.29 is 33.1 Å². The van der Waals surface area contributed by atoms with Gasteiger partial charge in [0.25, 0.3) is 5.69 Å². The molecule has 0 aliphatic heterocycles. The standard InChI is InChI=1S/C22H32N3O8P/c1-15(21(26)31-13-17-5-3-6-17)23-34(30,33-20-11-9-19(10-12-20)25(28)29)24-16(2)22(27)32-14-18-7-4-8-18/h9-12,15-18H,3-8,13-14H2,1-2H3,(H2,23,24,30)/t15-,16-/m0/s1. The van der Waals surface area contributed by atoms with Crippen LogP contribution in [0.2, 0.25) is 0 Å². The minimum absolute atomic E-state index is 0.0546. The Morgan fingerprint density at radius 2 is 1.41 bits per heavy atom. The van der Waals surface area contributed by atoms with Crippen LogP contribution in [0.5, 0.6) is 5.75 Å². The third-order valence-electron chi connectivity index (χ3n) is 6.09. The van der Waals surface area contributed by atoms with Gasteiger partial charge in [0.1, 0.15) is 17.8 Å². The highest BCUT2D eigenvalue weighted by Gasteiger charge is 2.35. The molecule has 0 bridgehead atoms. The van der Waals surface area contributed by atoms with Crippen LogP contribution in [0.4, 0.5) is 5.69 Å². The van der Waals surface area contributed by atoms with Gasteiger partial charge in [-0.05, 0) is 63.5 Å². The Balaban J connectivity index is 1.65. The summed E-state index contributed by atoms with van der Waals surface area (Å²) in [4.78, 5) is 35.2. The quantitative estimate of drug-likeness (QED) is 0.179. The number of non-ortho nitro benzene ring substituents is 1. The average Bonchev–Trinajstić information content (AvgIpc) is 2.71. The van der Waals surface area contributed by atoms with Crippen molar-refractivity contribution in [3.05, 3.63) is 34.4 Å². The summed E-state index contributed by atoms with van der Waals surface area (Å²) in [6, 6.07) is 2.96. The highest BCUT2D eigenvalue weighted by Crippen LogP contribution is 2.41. The molecule has 0 amide bonds. The van der Waals surface area contributed by atoms with Crippen molar-refractivity contribution in [2.45, 2.75) is 64.5 Å². The van der Waals surface area contributed by atoms with E-state index >= 15 is 0 Å². The highest BCUT2D eigenvalue weighted by atomic mass is 31.2. The Morgan fingerprint density at radius 1 is 0.971 bits per heavy atom. The third kappa shape index (κ3) is 7.51. The summed E-state index contributed by atoms with van der Waals surface area (Å²) in [7, 11) is -4.05. The molecular weight excluding hydrogens is 465 g/mol. The van der Waals surface area contributed by atoms with E-state index in [1.807, 2.05) is 0 Å². The van der Waals surface area contributed by atoms with E-state index in [4.69, 9.17) is 14.0 Å². The normalized spacial score (nSPS) is 18.2. The molecule has 0 spiro atoms. The lowest BCUT2D eigenvalue weighted by molar-refractivity contribution is -0.384. The van der Waals surface area contributed by atoms with E-state index in [2.05, 4.69) is 10.2 Å². The Bertz CT molecular complexity index is 875. The summed E-state index contributed by atoms with van der Waals surface area (Å²) in [5, 5.41) is 16.1. The largest absolute Gasteiger partial charge is 0.464 e. The Kier molecular flexibility index (Phi) is 9.04. The van der Waals surface area contributed by atoms with E-state index in [0.29, 0.717) is 25.0 Å². The second-order valence-electron chi connectivity index (χ2n) is 8.95. The van der Waals surface area contributed by atoms with Crippen LogP contribution in [0, 0.1) is 22.0 Å². The monoisotopic (exact) mass is 497 g/mol. The van der Waals surface area contributed by atoms with E-state index in [1.54, 1.807) is 0 Å². The number of esters is 2. The highest BCUT2D eigenvalue weighted by molar-refractivity contribution is 7.55. The van der Waals surface area contributed by atoms with Crippen LogP contribution in [0.3, 0.4) is 0 Å². The summed E-state index contributed by atoms with van der Waals surface area (Å²) in [6.45, 7) is 3.57. The van der Waals surface area contributed by atoms with Crippen LogP contribution in [-0.4, -0.2) is 42.2 Å². The van der Waals surface area contributed by atoms with Gasteiger partial charge in [-0.1, -0.05) is 12.8 Å². The second-order valence-corrected chi connectivity index (χ2v) is 10.8. The van der Waals surface area contributed by atoms with E-state index in [9.17, 15) is 24.3 Å². The molecule has 12 heteroatoms. The van der Waals surface area contributed by atoms with E-state index in [0.717, 1.165) is 38.5 Å². The maximum Gasteiger partial charge on any atom is 0.391 e. The number of nitrogens with zero attached hydrogens (tertiary/aromatic N) is 1. The first-order valence-corrected chi connectivity index (χ1v) is 13.2. The first kappa shape index (κ1) is 26.1. The molecule has 2 N–H and O–H groups in total. The van der Waals surface area contributed by atoms with Gasteiger partial charge in [0, 0.05) is 12.1 Å². The molecule has 0 aromatic heterocycles. The van der Waals surface area contributed by atoms with Gasteiger partial charge in [-0.25, -0.2) is 14.7 Å². The number of nitro benzene ring substituents is 1. The van der Waals surface area contributed by atoms with Crippen LogP contribution >= 0.6 is 7.67 Å². The number of ether oxygens (including phenoxy) is 2. The molecule has 0 unspecified atom stereocenters. The fourth-order valence-electron chi connectivity index (χ4n) is 3.45. The number of rotatable bonds is 13. The number of hydrogen-bond acceptors (Lipinski definition) is 8. The molecular formula is C22H32N3O8P. The summed E-state index contributed by atoms with van der Waals surface area (Å²) in [5.41, 5.74) is -0.163. The van der Waals surface area contributed by atoms with Gasteiger partial charge in [-0.2, -0.15) is 0 Å². The molecule has 188 valence electrons. The zero-order valence-corrected chi connectivity index (χ0v) is 20.3. The SMILES string of the molecule is C[C@H](NP(=O)(N[C@@H](C)C(=O)OCC1CCC1)Oc1ccc([N+](=O)[O-])cc1)C(=O)OCC1CCC1. The summed E-state index contributed by atoms with van der Waals surface area (Å²) in [5.74, 6) is -0.437. The van der Waals surface area contributed by atoms with Crippen molar-refractivity contribution in [2.24, 2.45) is 11.8 Å². The lowest BCUT2D eigenvalue weighted by atomic mass is 9.86.